The van der Waals surface area contributed by atoms with Crippen molar-refractivity contribution in [3.8, 4) is 5.75 Å². The number of sulfonamides is 1. The molecule has 0 radical (unpaired) electrons. The lowest BCUT2D eigenvalue weighted by Gasteiger charge is -2.23. The maximum absolute atomic E-state index is 12.6. The molecular weight excluding hydrogens is 438 g/mol. The van der Waals surface area contributed by atoms with Crippen LogP contribution in [0.15, 0.2) is 78.9 Å². The first-order valence-corrected chi connectivity index (χ1v) is 12.3. The molecule has 0 spiro atoms. The highest BCUT2D eigenvalue weighted by atomic mass is 32.2. The molecule has 0 saturated heterocycles. The molecule has 33 heavy (non-hydrogen) atoms. The molecule has 0 aliphatic heterocycles. The van der Waals surface area contributed by atoms with E-state index in [1.165, 1.54) is 0 Å². The van der Waals surface area contributed by atoms with E-state index in [9.17, 15) is 13.2 Å². The molecule has 2 N–H and O–H groups in total. The third-order valence-electron chi connectivity index (χ3n) is 4.67. The highest BCUT2D eigenvalue weighted by Gasteiger charge is 2.18. The molecule has 0 atom stereocenters. The summed E-state index contributed by atoms with van der Waals surface area (Å²) in [6.45, 7) is 4.46. The van der Waals surface area contributed by atoms with Crippen LogP contribution in [0.2, 0.25) is 0 Å². The van der Waals surface area contributed by atoms with Gasteiger partial charge in [0.15, 0.2) is 0 Å². The summed E-state index contributed by atoms with van der Waals surface area (Å²) in [5.41, 5.74) is 2.83. The molecule has 0 heterocycles. The Balaban J connectivity index is 1.63. The summed E-state index contributed by atoms with van der Waals surface area (Å²) >= 11 is 0. The maximum Gasteiger partial charge on any atom is 0.241 e. The number of ether oxygens (including phenoxy) is 1. The van der Waals surface area contributed by atoms with Gasteiger partial charge in [-0.2, -0.15) is 0 Å². The van der Waals surface area contributed by atoms with Crippen LogP contribution >= 0.6 is 0 Å². The first-order valence-electron chi connectivity index (χ1n) is 10.6. The normalized spacial score (nSPS) is 11.2. The van der Waals surface area contributed by atoms with Crippen LogP contribution in [-0.2, 0) is 21.4 Å². The fourth-order valence-electron chi connectivity index (χ4n) is 3.30. The van der Waals surface area contributed by atoms with Crippen molar-refractivity contribution in [1.82, 2.24) is 0 Å². The molecule has 0 bridgehead atoms. The molecule has 0 unspecified atom stereocenters. The number of rotatable bonds is 10. The number of nitrogens with zero attached hydrogens (tertiary/aromatic N) is 1. The molecule has 3 aromatic carbocycles. The van der Waals surface area contributed by atoms with E-state index in [-0.39, 0.29) is 6.10 Å². The van der Waals surface area contributed by atoms with Gasteiger partial charge in [0.1, 0.15) is 11.5 Å². The van der Waals surface area contributed by atoms with E-state index in [4.69, 9.17) is 4.74 Å². The zero-order chi connectivity index (χ0) is 23.8. The molecule has 1 amide bonds. The fraction of sp³-hybridized carbons (Fsp3) is 0.240. The van der Waals surface area contributed by atoms with Crippen LogP contribution in [0.1, 0.15) is 19.4 Å². The highest BCUT2D eigenvalue weighted by molar-refractivity contribution is 7.93. The molecule has 0 aromatic heterocycles. The first-order chi connectivity index (χ1) is 15.7. The van der Waals surface area contributed by atoms with Crippen LogP contribution in [0, 0.1) is 0 Å². The number of carbonyl (C=O) groups is 1. The van der Waals surface area contributed by atoms with Crippen molar-refractivity contribution in [3.63, 3.8) is 0 Å². The minimum Gasteiger partial charge on any atom is -0.491 e. The SMILES string of the molecule is CC(C)Oc1ccc(NS(=O)(=O)CC(=O)Nc2ccccc2N(C)Cc2ccccc2)cc1. The molecule has 0 aliphatic rings. The summed E-state index contributed by atoms with van der Waals surface area (Å²) < 4.78 is 33.0. The molecule has 8 heteroatoms. The number of hydrogen-bond donors (Lipinski definition) is 2. The number of para-hydroxylation sites is 2. The smallest absolute Gasteiger partial charge is 0.241 e. The van der Waals surface area contributed by atoms with Crippen molar-refractivity contribution in [1.29, 1.82) is 0 Å². The van der Waals surface area contributed by atoms with E-state index >= 15 is 0 Å². The lowest BCUT2D eigenvalue weighted by atomic mass is 10.2. The molecule has 0 aliphatic carbocycles. The van der Waals surface area contributed by atoms with Crippen molar-refractivity contribution in [2.24, 2.45) is 0 Å². The van der Waals surface area contributed by atoms with Crippen LogP contribution in [0.3, 0.4) is 0 Å². The van der Waals surface area contributed by atoms with Gasteiger partial charge in [0.05, 0.1) is 17.5 Å². The van der Waals surface area contributed by atoms with E-state index in [0.717, 1.165) is 11.3 Å². The van der Waals surface area contributed by atoms with E-state index in [1.54, 1.807) is 36.4 Å². The minimum atomic E-state index is -3.89. The Morgan fingerprint density at radius 1 is 0.939 bits per heavy atom. The second-order valence-electron chi connectivity index (χ2n) is 7.96. The molecule has 7 nitrogen and oxygen atoms in total. The van der Waals surface area contributed by atoms with Crippen LogP contribution in [0.5, 0.6) is 5.75 Å². The Bertz CT molecular complexity index is 1160. The average Bonchev–Trinajstić information content (AvgIpc) is 2.75. The van der Waals surface area contributed by atoms with Crippen LogP contribution < -0.4 is 19.7 Å². The van der Waals surface area contributed by atoms with Gasteiger partial charge in [-0.15, -0.1) is 0 Å². The summed E-state index contributed by atoms with van der Waals surface area (Å²) in [6, 6.07) is 23.8. The second kappa shape index (κ2) is 10.9. The predicted molar refractivity (Wildman–Crippen MR) is 133 cm³/mol. The van der Waals surface area contributed by atoms with Crippen LogP contribution in [0.25, 0.3) is 0 Å². The zero-order valence-corrected chi connectivity index (χ0v) is 19.8. The van der Waals surface area contributed by atoms with E-state index in [2.05, 4.69) is 10.0 Å². The van der Waals surface area contributed by atoms with Gasteiger partial charge in [0, 0.05) is 19.3 Å². The number of amides is 1. The van der Waals surface area contributed by atoms with Gasteiger partial charge in [-0.25, -0.2) is 8.42 Å². The van der Waals surface area contributed by atoms with Crippen molar-refractivity contribution < 1.29 is 17.9 Å². The van der Waals surface area contributed by atoms with Gasteiger partial charge in [-0.1, -0.05) is 42.5 Å². The van der Waals surface area contributed by atoms with Crippen molar-refractivity contribution in [2.45, 2.75) is 26.5 Å². The predicted octanol–water partition coefficient (Wildman–Crippen LogP) is 4.49. The molecule has 3 rings (SSSR count). The van der Waals surface area contributed by atoms with Crippen molar-refractivity contribution in [3.05, 3.63) is 84.4 Å². The highest BCUT2D eigenvalue weighted by Crippen LogP contribution is 2.26. The molecule has 0 saturated carbocycles. The summed E-state index contributed by atoms with van der Waals surface area (Å²) in [6.07, 6.45) is 0.0193. The third-order valence-corrected chi connectivity index (χ3v) is 5.86. The minimum absolute atomic E-state index is 0.0193. The lowest BCUT2D eigenvalue weighted by molar-refractivity contribution is -0.113. The summed E-state index contributed by atoms with van der Waals surface area (Å²) in [5.74, 6) is -0.682. The van der Waals surface area contributed by atoms with E-state index in [1.807, 2.05) is 68.3 Å². The van der Waals surface area contributed by atoms with Gasteiger partial charge in [-0.05, 0) is 55.8 Å². The van der Waals surface area contributed by atoms with Crippen LogP contribution in [0.4, 0.5) is 17.1 Å². The summed E-state index contributed by atoms with van der Waals surface area (Å²) in [7, 11) is -1.97. The summed E-state index contributed by atoms with van der Waals surface area (Å²) in [5, 5.41) is 2.73. The molecule has 0 fully saturated rings. The Morgan fingerprint density at radius 2 is 1.58 bits per heavy atom. The topological polar surface area (TPSA) is 87.7 Å². The molecular formula is C25H29N3O4S. The number of nitrogens with one attached hydrogen (secondary N) is 2. The van der Waals surface area contributed by atoms with Gasteiger partial charge in [-0.3, -0.25) is 9.52 Å². The number of anilines is 3. The largest absolute Gasteiger partial charge is 0.491 e. The van der Waals surface area contributed by atoms with E-state index < -0.39 is 21.7 Å². The van der Waals surface area contributed by atoms with Gasteiger partial charge < -0.3 is 15.0 Å². The fourth-order valence-corrected chi connectivity index (χ4v) is 4.29. The second-order valence-corrected chi connectivity index (χ2v) is 9.68. The Labute approximate surface area is 195 Å². The number of hydrogen-bond acceptors (Lipinski definition) is 5. The number of carbonyl (C=O) groups excluding carboxylic acids is 1. The summed E-state index contributed by atoms with van der Waals surface area (Å²) in [4.78, 5) is 14.6. The molecule has 3 aromatic rings. The first kappa shape index (κ1) is 24.1. The van der Waals surface area contributed by atoms with Crippen molar-refractivity contribution >= 4 is 33.0 Å². The van der Waals surface area contributed by atoms with Gasteiger partial charge in [0.2, 0.25) is 15.9 Å². The monoisotopic (exact) mass is 467 g/mol. The maximum atomic E-state index is 12.6. The quantitative estimate of drug-likeness (QED) is 0.459. The van der Waals surface area contributed by atoms with Gasteiger partial charge >= 0.3 is 0 Å². The number of benzene rings is 3. The molecule has 174 valence electrons. The zero-order valence-electron chi connectivity index (χ0n) is 19.0. The lowest BCUT2D eigenvalue weighted by Crippen LogP contribution is -2.28. The van der Waals surface area contributed by atoms with E-state index in [0.29, 0.717) is 23.7 Å². The Hall–Kier alpha value is -3.52. The Kier molecular flexibility index (Phi) is 7.95. The standard InChI is InChI=1S/C25H29N3O4S/c1-19(2)32-22-15-13-21(14-16-22)27-33(30,31)18-25(29)26-23-11-7-8-12-24(23)28(3)17-20-9-5-4-6-10-20/h4-16,19,27H,17-18H2,1-3H3,(H,26,29). The Morgan fingerprint density at radius 3 is 2.24 bits per heavy atom. The average molecular weight is 468 g/mol. The third kappa shape index (κ3) is 7.54. The van der Waals surface area contributed by atoms with Gasteiger partial charge in [0.25, 0.3) is 0 Å². The van der Waals surface area contributed by atoms with Crippen LogP contribution in [-0.4, -0.2) is 33.2 Å². The van der Waals surface area contributed by atoms with Crippen molar-refractivity contribution in [2.75, 3.05) is 27.7 Å².